The summed E-state index contributed by atoms with van der Waals surface area (Å²) in [6, 6.07) is 11.1. The summed E-state index contributed by atoms with van der Waals surface area (Å²) in [6.07, 6.45) is -4.55. The van der Waals surface area contributed by atoms with Gasteiger partial charge in [0.25, 0.3) is 0 Å². The van der Waals surface area contributed by atoms with Crippen molar-refractivity contribution in [3.8, 4) is 6.07 Å². The van der Waals surface area contributed by atoms with E-state index in [1.165, 1.54) is 43.5 Å². The van der Waals surface area contributed by atoms with Crippen LogP contribution in [0.1, 0.15) is 21.5 Å². The van der Waals surface area contributed by atoms with E-state index in [4.69, 9.17) is 5.26 Å². The van der Waals surface area contributed by atoms with Gasteiger partial charge in [-0.05, 0) is 42.5 Å². The SMILES string of the molecule is COC(=O)c1ccc(Sc2ccc(C#N)cc2C(F)(F)F)cc1. The van der Waals surface area contributed by atoms with E-state index in [0.29, 0.717) is 10.5 Å². The fourth-order valence-corrected chi connectivity index (χ4v) is 2.76. The first kappa shape index (κ1) is 16.9. The fourth-order valence-electron chi connectivity index (χ4n) is 1.81. The normalized spacial score (nSPS) is 10.9. The third kappa shape index (κ3) is 4.05. The molecule has 0 saturated heterocycles. The van der Waals surface area contributed by atoms with Crippen molar-refractivity contribution in [2.75, 3.05) is 7.11 Å². The van der Waals surface area contributed by atoms with Crippen molar-refractivity contribution in [2.45, 2.75) is 16.0 Å². The molecule has 0 N–H and O–H groups in total. The maximum atomic E-state index is 13.1. The number of ether oxygens (including phenoxy) is 1. The van der Waals surface area contributed by atoms with Gasteiger partial charge in [-0.15, -0.1) is 0 Å². The van der Waals surface area contributed by atoms with Gasteiger partial charge in [-0.2, -0.15) is 18.4 Å². The lowest BCUT2D eigenvalue weighted by Gasteiger charge is -2.13. The van der Waals surface area contributed by atoms with Crippen LogP contribution in [-0.4, -0.2) is 13.1 Å². The van der Waals surface area contributed by atoms with Crippen molar-refractivity contribution < 1.29 is 22.7 Å². The molecular weight excluding hydrogens is 327 g/mol. The number of carbonyl (C=O) groups excluding carboxylic acids is 1. The molecule has 0 heterocycles. The number of esters is 1. The Labute approximate surface area is 134 Å². The third-order valence-corrected chi connectivity index (χ3v) is 4.00. The van der Waals surface area contributed by atoms with E-state index < -0.39 is 17.7 Å². The van der Waals surface area contributed by atoms with Crippen LogP contribution in [0.5, 0.6) is 0 Å². The maximum Gasteiger partial charge on any atom is 0.417 e. The lowest BCUT2D eigenvalue weighted by molar-refractivity contribution is -0.139. The van der Waals surface area contributed by atoms with E-state index in [1.807, 2.05) is 0 Å². The van der Waals surface area contributed by atoms with Crippen LogP contribution in [0, 0.1) is 11.3 Å². The van der Waals surface area contributed by atoms with Crippen molar-refractivity contribution in [3.05, 3.63) is 59.2 Å². The van der Waals surface area contributed by atoms with Gasteiger partial charge < -0.3 is 4.74 Å². The Morgan fingerprint density at radius 3 is 2.35 bits per heavy atom. The van der Waals surface area contributed by atoms with Gasteiger partial charge in [0.05, 0.1) is 29.9 Å². The first-order chi connectivity index (χ1) is 10.8. The van der Waals surface area contributed by atoms with Crippen LogP contribution in [0.3, 0.4) is 0 Å². The Morgan fingerprint density at radius 2 is 1.83 bits per heavy atom. The molecule has 0 aliphatic carbocycles. The van der Waals surface area contributed by atoms with Crippen LogP contribution in [0.4, 0.5) is 13.2 Å². The standard InChI is InChI=1S/C16H10F3NO2S/c1-22-15(21)11-3-5-12(6-4-11)23-14-7-2-10(9-20)8-13(14)16(17,18)19/h2-8H,1H3. The zero-order chi connectivity index (χ0) is 17.0. The van der Waals surface area contributed by atoms with Gasteiger partial charge in [0.15, 0.2) is 0 Å². The number of benzene rings is 2. The van der Waals surface area contributed by atoms with E-state index in [0.717, 1.165) is 17.8 Å². The molecule has 0 amide bonds. The lowest BCUT2D eigenvalue weighted by atomic mass is 10.1. The first-order valence-corrected chi connectivity index (χ1v) is 7.14. The average molecular weight is 337 g/mol. The molecule has 2 rings (SSSR count). The summed E-state index contributed by atoms with van der Waals surface area (Å²) in [7, 11) is 1.25. The largest absolute Gasteiger partial charge is 0.465 e. The molecule has 23 heavy (non-hydrogen) atoms. The first-order valence-electron chi connectivity index (χ1n) is 6.32. The Morgan fingerprint density at radius 1 is 1.17 bits per heavy atom. The third-order valence-electron chi connectivity index (χ3n) is 2.92. The number of alkyl halides is 3. The van der Waals surface area contributed by atoms with E-state index in [1.54, 1.807) is 6.07 Å². The summed E-state index contributed by atoms with van der Waals surface area (Å²) in [4.78, 5) is 11.9. The second kappa shape index (κ2) is 6.75. The van der Waals surface area contributed by atoms with Crippen molar-refractivity contribution >= 4 is 17.7 Å². The van der Waals surface area contributed by atoms with E-state index in [9.17, 15) is 18.0 Å². The second-order valence-corrected chi connectivity index (χ2v) is 5.55. The quantitative estimate of drug-likeness (QED) is 0.773. The van der Waals surface area contributed by atoms with Crippen LogP contribution >= 0.6 is 11.8 Å². The Hall–Kier alpha value is -2.46. The number of nitriles is 1. The summed E-state index contributed by atoms with van der Waals surface area (Å²) in [5.74, 6) is -0.518. The summed E-state index contributed by atoms with van der Waals surface area (Å²) < 4.78 is 43.9. The van der Waals surface area contributed by atoms with Crippen molar-refractivity contribution in [1.29, 1.82) is 5.26 Å². The predicted octanol–water partition coefficient (Wildman–Crippen LogP) is 4.51. The highest BCUT2D eigenvalue weighted by Crippen LogP contribution is 2.40. The number of methoxy groups -OCH3 is 1. The zero-order valence-electron chi connectivity index (χ0n) is 11.8. The van der Waals surface area contributed by atoms with Gasteiger partial charge in [0, 0.05) is 9.79 Å². The van der Waals surface area contributed by atoms with Crippen molar-refractivity contribution in [1.82, 2.24) is 0 Å². The van der Waals surface area contributed by atoms with Crippen LogP contribution in [0.2, 0.25) is 0 Å². The van der Waals surface area contributed by atoms with Gasteiger partial charge in [-0.25, -0.2) is 4.79 Å². The molecule has 0 atom stereocenters. The molecule has 7 heteroatoms. The number of halogens is 3. The van der Waals surface area contributed by atoms with Gasteiger partial charge in [0.2, 0.25) is 0 Å². The van der Waals surface area contributed by atoms with Gasteiger partial charge in [0.1, 0.15) is 0 Å². The Kier molecular flexibility index (Phi) is 4.96. The number of hydrogen-bond donors (Lipinski definition) is 0. The fraction of sp³-hybridized carbons (Fsp3) is 0.125. The molecule has 0 fully saturated rings. The second-order valence-electron chi connectivity index (χ2n) is 4.44. The molecule has 0 radical (unpaired) electrons. The van der Waals surface area contributed by atoms with Crippen LogP contribution in [-0.2, 0) is 10.9 Å². The number of hydrogen-bond acceptors (Lipinski definition) is 4. The molecule has 0 bridgehead atoms. The van der Waals surface area contributed by atoms with Gasteiger partial charge in [-0.3, -0.25) is 0 Å². The van der Waals surface area contributed by atoms with Crippen molar-refractivity contribution in [3.63, 3.8) is 0 Å². The number of rotatable bonds is 3. The molecular formula is C16H10F3NO2S. The van der Waals surface area contributed by atoms with Gasteiger partial charge >= 0.3 is 12.1 Å². The van der Waals surface area contributed by atoms with Crippen LogP contribution < -0.4 is 0 Å². The minimum absolute atomic E-state index is 0.0117. The van der Waals surface area contributed by atoms with Gasteiger partial charge in [-0.1, -0.05) is 11.8 Å². The molecule has 118 valence electrons. The average Bonchev–Trinajstić information content (AvgIpc) is 2.54. The molecule has 0 saturated carbocycles. The predicted molar refractivity (Wildman–Crippen MR) is 78.1 cm³/mol. The number of carbonyl (C=O) groups is 1. The Balaban J connectivity index is 2.33. The summed E-state index contributed by atoms with van der Waals surface area (Å²) in [5.41, 5.74) is -0.603. The minimum Gasteiger partial charge on any atom is -0.465 e. The van der Waals surface area contributed by atoms with Crippen LogP contribution in [0.15, 0.2) is 52.3 Å². The minimum atomic E-state index is -4.55. The van der Waals surface area contributed by atoms with Crippen LogP contribution in [0.25, 0.3) is 0 Å². The smallest absolute Gasteiger partial charge is 0.417 e. The van der Waals surface area contributed by atoms with E-state index in [2.05, 4.69) is 4.74 Å². The topological polar surface area (TPSA) is 50.1 Å². The summed E-state index contributed by atoms with van der Waals surface area (Å²) in [5, 5.41) is 8.75. The molecule has 0 aliphatic rings. The highest BCUT2D eigenvalue weighted by molar-refractivity contribution is 7.99. The highest BCUT2D eigenvalue weighted by atomic mass is 32.2. The monoisotopic (exact) mass is 337 g/mol. The lowest BCUT2D eigenvalue weighted by Crippen LogP contribution is -2.07. The molecule has 3 nitrogen and oxygen atoms in total. The Bertz CT molecular complexity index is 764. The summed E-state index contributed by atoms with van der Waals surface area (Å²) in [6.45, 7) is 0. The molecule has 0 unspecified atom stereocenters. The molecule has 0 spiro atoms. The molecule has 0 aliphatic heterocycles. The molecule has 0 aromatic heterocycles. The maximum absolute atomic E-state index is 13.1. The zero-order valence-corrected chi connectivity index (χ0v) is 12.7. The van der Waals surface area contributed by atoms with E-state index >= 15 is 0 Å². The molecule has 2 aromatic carbocycles. The summed E-state index contributed by atoms with van der Waals surface area (Å²) >= 11 is 0.907. The molecule has 2 aromatic rings. The van der Waals surface area contributed by atoms with E-state index in [-0.39, 0.29) is 10.5 Å². The highest BCUT2D eigenvalue weighted by Gasteiger charge is 2.34. The van der Waals surface area contributed by atoms with Crippen molar-refractivity contribution in [2.24, 2.45) is 0 Å². The number of nitrogens with zero attached hydrogens (tertiary/aromatic N) is 1.